The number of nitrogens with one attached hydrogen (secondary N) is 1. The molecule has 0 atom stereocenters. The molecule has 1 N–H and O–H groups in total. The van der Waals surface area contributed by atoms with Crippen LogP contribution < -0.4 is 5.32 Å². The van der Waals surface area contributed by atoms with Gasteiger partial charge in [0, 0.05) is 23.0 Å². The van der Waals surface area contributed by atoms with E-state index in [2.05, 4.69) is 16.4 Å². The van der Waals surface area contributed by atoms with E-state index in [0.717, 1.165) is 21.8 Å². The molecule has 0 fully saturated rings. The zero-order valence-electron chi connectivity index (χ0n) is 11.6. The van der Waals surface area contributed by atoms with Gasteiger partial charge >= 0.3 is 0 Å². The number of carbonyl (C=O) groups is 1. The molecule has 0 radical (unpaired) electrons. The Balaban J connectivity index is 1.86. The Labute approximate surface area is 121 Å². The first-order valence-corrected chi connectivity index (χ1v) is 7.18. The topological polar surface area (TPSA) is 46.4 Å². The maximum absolute atomic E-state index is 12.2. The molecule has 2 heterocycles. The lowest BCUT2D eigenvalue weighted by Crippen LogP contribution is -2.12. The average molecular weight is 285 g/mol. The molecule has 0 saturated heterocycles. The molecule has 3 rings (SSSR count). The van der Waals surface area contributed by atoms with Crippen molar-refractivity contribution in [1.82, 2.24) is 9.38 Å². The second-order valence-corrected chi connectivity index (χ2v) is 6.20. The summed E-state index contributed by atoms with van der Waals surface area (Å²) in [5, 5.41) is 2.90. The smallest absolute Gasteiger partial charge is 0.275 e. The molecular formula is C15H15N3OS. The number of aryl methyl sites for hydroxylation is 3. The van der Waals surface area contributed by atoms with Crippen LogP contribution in [0.15, 0.2) is 30.6 Å². The molecule has 1 amide bonds. The first-order valence-electron chi connectivity index (χ1n) is 6.36. The van der Waals surface area contributed by atoms with Crippen LogP contribution in [-0.2, 0) is 0 Å². The van der Waals surface area contributed by atoms with Gasteiger partial charge in [0.15, 0.2) is 4.96 Å². The number of anilines is 1. The third-order valence-corrected chi connectivity index (χ3v) is 3.90. The van der Waals surface area contributed by atoms with Crippen LogP contribution >= 0.6 is 11.3 Å². The van der Waals surface area contributed by atoms with Crippen molar-refractivity contribution in [2.24, 2.45) is 0 Å². The first-order chi connectivity index (χ1) is 9.51. The minimum Gasteiger partial charge on any atom is -0.321 e. The minimum atomic E-state index is -0.177. The quantitative estimate of drug-likeness (QED) is 0.782. The van der Waals surface area contributed by atoms with Crippen molar-refractivity contribution >= 4 is 27.9 Å². The molecule has 2 aromatic heterocycles. The Hall–Kier alpha value is -2.14. The van der Waals surface area contributed by atoms with Gasteiger partial charge in [0.2, 0.25) is 0 Å². The average Bonchev–Trinajstić information content (AvgIpc) is 2.84. The fourth-order valence-electron chi connectivity index (χ4n) is 2.26. The van der Waals surface area contributed by atoms with Crippen LogP contribution in [0.5, 0.6) is 0 Å². The summed E-state index contributed by atoms with van der Waals surface area (Å²) in [6, 6.07) is 5.98. The number of aromatic nitrogens is 2. The van der Waals surface area contributed by atoms with E-state index in [4.69, 9.17) is 0 Å². The van der Waals surface area contributed by atoms with Gasteiger partial charge in [-0.15, -0.1) is 11.3 Å². The van der Waals surface area contributed by atoms with Crippen LogP contribution in [0, 0.1) is 20.8 Å². The lowest BCUT2D eigenvalue weighted by molar-refractivity contribution is 0.102. The number of benzene rings is 1. The molecule has 0 unspecified atom stereocenters. The highest BCUT2D eigenvalue weighted by Crippen LogP contribution is 2.18. The van der Waals surface area contributed by atoms with Crippen molar-refractivity contribution in [2.45, 2.75) is 20.8 Å². The van der Waals surface area contributed by atoms with E-state index < -0.39 is 0 Å². The molecule has 0 spiro atoms. The van der Waals surface area contributed by atoms with Gasteiger partial charge in [-0.3, -0.25) is 9.20 Å². The normalized spacial score (nSPS) is 10.9. The van der Waals surface area contributed by atoms with Gasteiger partial charge < -0.3 is 5.32 Å². The highest BCUT2D eigenvalue weighted by atomic mass is 32.1. The summed E-state index contributed by atoms with van der Waals surface area (Å²) >= 11 is 1.57. The van der Waals surface area contributed by atoms with Gasteiger partial charge in [-0.05, 0) is 44.0 Å². The molecule has 3 aromatic rings. The zero-order chi connectivity index (χ0) is 14.3. The van der Waals surface area contributed by atoms with Gasteiger partial charge in [-0.25, -0.2) is 4.98 Å². The number of fused-ring (bicyclic) bond motifs is 1. The van der Waals surface area contributed by atoms with Crippen LogP contribution in [-0.4, -0.2) is 15.3 Å². The van der Waals surface area contributed by atoms with E-state index >= 15 is 0 Å². The number of carbonyl (C=O) groups excluding carboxylic acids is 1. The second-order valence-electron chi connectivity index (χ2n) is 4.99. The lowest BCUT2D eigenvalue weighted by atomic mass is 10.1. The third-order valence-electron chi connectivity index (χ3n) is 2.98. The van der Waals surface area contributed by atoms with Crippen LogP contribution in [0.3, 0.4) is 0 Å². The van der Waals surface area contributed by atoms with E-state index in [-0.39, 0.29) is 5.91 Å². The molecule has 0 saturated carbocycles. The molecular weight excluding hydrogens is 270 g/mol. The third kappa shape index (κ3) is 2.44. The number of hydrogen-bond donors (Lipinski definition) is 1. The summed E-state index contributed by atoms with van der Waals surface area (Å²) < 4.78 is 1.89. The lowest BCUT2D eigenvalue weighted by Gasteiger charge is -2.05. The van der Waals surface area contributed by atoms with Crippen molar-refractivity contribution in [2.75, 3.05) is 5.32 Å². The zero-order valence-corrected chi connectivity index (χ0v) is 12.4. The van der Waals surface area contributed by atoms with Crippen molar-refractivity contribution in [3.8, 4) is 0 Å². The summed E-state index contributed by atoms with van der Waals surface area (Å²) in [7, 11) is 0. The summed E-state index contributed by atoms with van der Waals surface area (Å²) in [5.74, 6) is -0.177. The standard InChI is InChI=1S/C15H15N3OS/c1-9-4-10(2)6-12(5-9)16-14(19)13-8-18-7-11(3)20-15(18)17-13/h4-8H,1-3H3,(H,16,19). The Morgan fingerprint density at radius 1 is 1.15 bits per heavy atom. The SMILES string of the molecule is Cc1cc(C)cc(NC(=O)c2cn3cc(C)sc3n2)c1. The fourth-order valence-corrected chi connectivity index (χ4v) is 3.07. The molecule has 102 valence electrons. The van der Waals surface area contributed by atoms with Crippen LogP contribution in [0.25, 0.3) is 4.96 Å². The predicted octanol–water partition coefficient (Wildman–Crippen LogP) is 3.57. The Morgan fingerprint density at radius 3 is 2.50 bits per heavy atom. The molecule has 20 heavy (non-hydrogen) atoms. The Kier molecular flexibility index (Phi) is 3.06. The van der Waals surface area contributed by atoms with Gasteiger partial charge in [0.05, 0.1) is 0 Å². The van der Waals surface area contributed by atoms with E-state index in [1.807, 2.05) is 43.5 Å². The van der Waals surface area contributed by atoms with Crippen molar-refractivity contribution in [3.05, 3.63) is 52.3 Å². The highest BCUT2D eigenvalue weighted by molar-refractivity contribution is 7.17. The second kappa shape index (κ2) is 4.76. The highest BCUT2D eigenvalue weighted by Gasteiger charge is 2.12. The molecule has 0 aliphatic heterocycles. The number of rotatable bonds is 2. The van der Waals surface area contributed by atoms with Crippen LogP contribution in [0.4, 0.5) is 5.69 Å². The maximum Gasteiger partial charge on any atom is 0.275 e. The van der Waals surface area contributed by atoms with Gasteiger partial charge in [-0.2, -0.15) is 0 Å². The Morgan fingerprint density at radius 2 is 1.85 bits per heavy atom. The first kappa shape index (κ1) is 12.9. The van der Waals surface area contributed by atoms with Crippen LogP contribution in [0.1, 0.15) is 26.5 Å². The van der Waals surface area contributed by atoms with Crippen LogP contribution in [0.2, 0.25) is 0 Å². The molecule has 5 heteroatoms. The number of nitrogens with zero attached hydrogens (tertiary/aromatic N) is 2. The fraction of sp³-hybridized carbons (Fsp3) is 0.200. The van der Waals surface area contributed by atoms with E-state index in [1.165, 1.54) is 4.88 Å². The summed E-state index contributed by atoms with van der Waals surface area (Å²) in [6.07, 6.45) is 3.73. The largest absolute Gasteiger partial charge is 0.321 e. The van der Waals surface area contributed by atoms with E-state index in [1.54, 1.807) is 17.5 Å². The van der Waals surface area contributed by atoms with Crippen molar-refractivity contribution in [3.63, 3.8) is 0 Å². The van der Waals surface area contributed by atoms with Gasteiger partial charge in [0.1, 0.15) is 5.69 Å². The summed E-state index contributed by atoms with van der Waals surface area (Å²) in [4.78, 5) is 18.6. The predicted molar refractivity (Wildman–Crippen MR) is 81.7 cm³/mol. The van der Waals surface area contributed by atoms with E-state index in [0.29, 0.717) is 5.69 Å². The number of imidazole rings is 1. The number of amides is 1. The molecule has 0 aliphatic rings. The summed E-state index contributed by atoms with van der Waals surface area (Å²) in [6.45, 7) is 6.05. The van der Waals surface area contributed by atoms with Crippen molar-refractivity contribution < 1.29 is 4.79 Å². The molecule has 4 nitrogen and oxygen atoms in total. The number of hydrogen-bond acceptors (Lipinski definition) is 3. The molecule has 1 aromatic carbocycles. The van der Waals surface area contributed by atoms with Gasteiger partial charge in [-0.1, -0.05) is 6.07 Å². The number of thiazole rings is 1. The molecule has 0 aliphatic carbocycles. The summed E-state index contributed by atoms with van der Waals surface area (Å²) in [5.41, 5.74) is 3.50. The minimum absolute atomic E-state index is 0.177. The monoisotopic (exact) mass is 285 g/mol. The maximum atomic E-state index is 12.2. The molecule has 0 bridgehead atoms. The van der Waals surface area contributed by atoms with Crippen molar-refractivity contribution in [1.29, 1.82) is 0 Å². The van der Waals surface area contributed by atoms with Gasteiger partial charge in [0.25, 0.3) is 5.91 Å². The Bertz CT molecular complexity index is 749. The van der Waals surface area contributed by atoms with E-state index in [9.17, 15) is 4.79 Å².